The Bertz CT molecular complexity index is 9.65. The Morgan fingerprint density at radius 3 is 0.571 bits per heavy atom. The van der Waals surface area contributed by atoms with Crippen LogP contribution in [0.25, 0.3) is 0 Å². The fourth-order valence-electron chi connectivity index (χ4n) is 0. The van der Waals surface area contributed by atoms with Crippen LogP contribution in [0.4, 0.5) is 0 Å². The fraction of sp³-hybridized carbons (Fsp3) is 0. The standard InChI is InChI=1S/Mo.2Na.2H2O.2O/h;;;2*1H2;;/q+4;2*+1;;;2*-2/p-2. The SMILES string of the molecule is [Mo+4].[Na+].[Na+].[O-2].[O-2].[OH-].[OH-]. The minimum atomic E-state index is 0. The molecule has 0 atom stereocenters. The molecule has 0 saturated carbocycles. The second-order valence-electron chi connectivity index (χ2n) is 0. The van der Waals surface area contributed by atoms with Crippen LogP contribution >= 0.6 is 0 Å². The van der Waals surface area contributed by atoms with Gasteiger partial charge in [-0.2, -0.15) is 0 Å². The van der Waals surface area contributed by atoms with Crippen molar-refractivity contribution in [3.8, 4) is 0 Å². The van der Waals surface area contributed by atoms with Gasteiger partial charge in [0.1, 0.15) is 0 Å². The summed E-state index contributed by atoms with van der Waals surface area (Å²) in [4.78, 5) is 0. The molecule has 0 bridgehead atoms. The first kappa shape index (κ1) is 108. The fourth-order valence-corrected chi connectivity index (χ4v) is 0. The molecule has 0 aliphatic rings. The van der Waals surface area contributed by atoms with Gasteiger partial charge in [-0.3, -0.25) is 0 Å². The van der Waals surface area contributed by atoms with Gasteiger partial charge in [-0.1, -0.05) is 0 Å². The summed E-state index contributed by atoms with van der Waals surface area (Å²) in [5, 5.41) is 0. The van der Waals surface area contributed by atoms with Gasteiger partial charge in [0.2, 0.25) is 0 Å². The van der Waals surface area contributed by atoms with E-state index in [-0.39, 0.29) is 102 Å². The summed E-state index contributed by atoms with van der Waals surface area (Å²) < 4.78 is 0. The van der Waals surface area contributed by atoms with Crippen molar-refractivity contribution < 1.29 is 102 Å². The van der Waals surface area contributed by atoms with Gasteiger partial charge in [-0.05, 0) is 0 Å². The third-order valence-corrected chi connectivity index (χ3v) is 0. The van der Waals surface area contributed by atoms with Gasteiger partial charge in [0, 0.05) is 0 Å². The first-order valence-corrected chi connectivity index (χ1v) is 0. The number of hydrogen-bond acceptors (Lipinski definition) is 2. The maximum absolute atomic E-state index is 0. The second kappa shape index (κ2) is 75.6. The molecule has 0 radical (unpaired) electrons. The van der Waals surface area contributed by atoms with Crippen LogP contribution in [0.2, 0.25) is 0 Å². The van der Waals surface area contributed by atoms with E-state index in [9.17, 15) is 0 Å². The summed E-state index contributed by atoms with van der Waals surface area (Å²) in [5.74, 6) is 0. The molecule has 0 saturated heterocycles. The Hall–Kier alpha value is 2.53. The maximum Gasteiger partial charge on any atom is 4.00 e. The van der Waals surface area contributed by atoms with Crippen LogP contribution in [-0.4, -0.2) is 11.0 Å². The number of hydrogen-bond donors (Lipinski definition) is 0. The molecule has 0 fully saturated rings. The Labute approximate surface area is 101 Å². The average Bonchev–Trinajstić information content (AvgIpc) is 0. The zero-order chi connectivity index (χ0) is 0. The molecule has 0 aromatic heterocycles. The molecule has 0 amide bonds. The molecule has 0 spiro atoms. The van der Waals surface area contributed by atoms with Crippen LogP contribution in [0.1, 0.15) is 0 Å². The molecule has 7 heavy (non-hydrogen) atoms. The van der Waals surface area contributed by atoms with E-state index in [4.69, 9.17) is 0 Å². The van der Waals surface area contributed by atoms with Crippen LogP contribution in [-0.2, 0) is 32.0 Å². The molecule has 4 nitrogen and oxygen atoms in total. The van der Waals surface area contributed by atoms with Gasteiger partial charge >= 0.3 is 80.2 Å². The zero-order valence-electron chi connectivity index (χ0n) is 4.12. The van der Waals surface area contributed by atoms with Gasteiger partial charge in [0.25, 0.3) is 0 Å². The first-order chi connectivity index (χ1) is 0. The molecule has 0 rings (SSSR count). The summed E-state index contributed by atoms with van der Waals surface area (Å²) in [7, 11) is 0. The topological polar surface area (TPSA) is 117 Å². The average molecular weight is 208 g/mol. The van der Waals surface area contributed by atoms with E-state index >= 15 is 0 Å². The predicted molar refractivity (Wildman–Crippen MR) is 5.24 cm³/mol. The summed E-state index contributed by atoms with van der Waals surface area (Å²) in [6.45, 7) is 0. The normalized spacial score (nSPS) is 0. The molecule has 0 aromatic rings. The van der Waals surface area contributed by atoms with E-state index in [0.717, 1.165) is 0 Å². The molecule has 0 aromatic carbocycles. The van der Waals surface area contributed by atoms with Crippen LogP contribution in [0, 0.1) is 0 Å². The Morgan fingerprint density at radius 2 is 0.571 bits per heavy atom. The molecule has 0 aliphatic carbocycles. The van der Waals surface area contributed by atoms with Crippen LogP contribution in [0.5, 0.6) is 0 Å². The van der Waals surface area contributed by atoms with Gasteiger partial charge < -0.3 is 21.9 Å². The third kappa shape index (κ3) is 56.9. The van der Waals surface area contributed by atoms with E-state index in [1.54, 1.807) is 0 Å². The predicted octanol–water partition coefficient (Wildman–Crippen LogP) is -6.59. The molecule has 34 valence electrons. The van der Waals surface area contributed by atoms with Gasteiger partial charge in [0.05, 0.1) is 0 Å². The van der Waals surface area contributed by atoms with Crippen molar-refractivity contribution in [2.45, 2.75) is 0 Å². The van der Waals surface area contributed by atoms with E-state index in [0.29, 0.717) is 0 Å². The second-order valence-corrected chi connectivity index (χ2v) is 0. The molecular formula is H2MoNa2O4. The van der Waals surface area contributed by atoms with Gasteiger partial charge in [0.15, 0.2) is 0 Å². The quantitative estimate of drug-likeness (QED) is 0.368. The van der Waals surface area contributed by atoms with Crippen molar-refractivity contribution in [2.24, 2.45) is 0 Å². The van der Waals surface area contributed by atoms with Crippen LogP contribution in [0.3, 0.4) is 0 Å². The van der Waals surface area contributed by atoms with E-state index in [2.05, 4.69) is 0 Å². The molecule has 0 heterocycles. The molecule has 0 aliphatic heterocycles. The Kier molecular flexibility index (Phi) is 1170. The summed E-state index contributed by atoms with van der Waals surface area (Å²) in [5.41, 5.74) is 0. The van der Waals surface area contributed by atoms with Crippen molar-refractivity contribution >= 4 is 0 Å². The Balaban J connectivity index is 0. The minimum absolute atomic E-state index is 0. The largest absolute Gasteiger partial charge is 4.00 e. The summed E-state index contributed by atoms with van der Waals surface area (Å²) in [6, 6.07) is 0. The monoisotopic (exact) mass is 210 g/mol. The van der Waals surface area contributed by atoms with Crippen molar-refractivity contribution in [3.05, 3.63) is 0 Å². The van der Waals surface area contributed by atoms with E-state index < -0.39 is 0 Å². The molecule has 2 N–H and O–H groups in total. The van der Waals surface area contributed by atoms with Crippen molar-refractivity contribution in [3.63, 3.8) is 0 Å². The van der Waals surface area contributed by atoms with E-state index in [1.165, 1.54) is 0 Å². The minimum Gasteiger partial charge on any atom is -2.00 e. The molecule has 7 heteroatoms. The van der Waals surface area contributed by atoms with E-state index in [1.807, 2.05) is 0 Å². The van der Waals surface area contributed by atoms with Crippen LogP contribution in [0.15, 0.2) is 0 Å². The first-order valence-electron chi connectivity index (χ1n) is 0. The van der Waals surface area contributed by atoms with Crippen molar-refractivity contribution in [2.75, 3.05) is 0 Å². The van der Waals surface area contributed by atoms with Gasteiger partial charge in [-0.15, -0.1) is 0 Å². The maximum atomic E-state index is 0. The summed E-state index contributed by atoms with van der Waals surface area (Å²) in [6.07, 6.45) is 0. The van der Waals surface area contributed by atoms with Crippen molar-refractivity contribution in [1.82, 2.24) is 0 Å². The zero-order valence-corrected chi connectivity index (χ0v) is 10.1. The van der Waals surface area contributed by atoms with Gasteiger partial charge in [-0.25, -0.2) is 0 Å². The summed E-state index contributed by atoms with van der Waals surface area (Å²) >= 11 is 0. The third-order valence-electron chi connectivity index (χ3n) is 0. The molecule has 0 unspecified atom stereocenters. The van der Waals surface area contributed by atoms with Crippen molar-refractivity contribution in [1.29, 1.82) is 0 Å². The number of rotatable bonds is 0. The Morgan fingerprint density at radius 1 is 0.571 bits per heavy atom. The smallest absolute Gasteiger partial charge is 2.00 e. The molecular weight excluding hydrogens is 206 g/mol. The van der Waals surface area contributed by atoms with Crippen LogP contribution < -0.4 is 59.1 Å².